The summed E-state index contributed by atoms with van der Waals surface area (Å²) in [7, 11) is -3.69. The van der Waals surface area contributed by atoms with Crippen molar-refractivity contribution in [3.8, 4) is 11.5 Å². The van der Waals surface area contributed by atoms with Crippen molar-refractivity contribution in [2.45, 2.75) is 18.2 Å². The van der Waals surface area contributed by atoms with Gasteiger partial charge in [0, 0.05) is 29.5 Å². The summed E-state index contributed by atoms with van der Waals surface area (Å²) < 4.78 is 33.6. The minimum absolute atomic E-state index is 0.130. The number of amides is 2. The fourth-order valence-corrected chi connectivity index (χ4v) is 4.92. The number of benzene rings is 4. The molecular weight excluding hydrogens is 522 g/mol. The van der Waals surface area contributed by atoms with Crippen LogP contribution in [0.4, 0.5) is 16.2 Å². The van der Waals surface area contributed by atoms with Gasteiger partial charge in [-0.1, -0.05) is 41.9 Å². The van der Waals surface area contributed by atoms with E-state index in [4.69, 9.17) is 16.3 Å². The van der Waals surface area contributed by atoms with E-state index in [0.717, 1.165) is 5.56 Å². The molecule has 0 aromatic heterocycles. The Labute approximate surface area is 228 Å². The molecule has 0 unspecified atom stereocenters. The van der Waals surface area contributed by atoms with Crippen LogP contribution in [-0.4, -0.2) is 27.5 Å². The lowest BCUT2D eigenvalue weighted by Crippen LogP contribution is -2.37. The predicted molar refractivity (Wildman–Crippen MR) is 152 cm³/mol. The molecule has 4 rings (SSSR count). The maximum atomic E-state index is 13.3. The lowest BCUT2D eigenvalue weighted by Gasteiger charge is -2.24. The molecule has 9 heteroatoms. The predicted octanol–water partition coefficient (Wildman–Crippen LogP) is 6.85. The van der Waals surface area contributed by atoms with E-state index in [2.05, 4.69) is 10.0 Å². The van der Waals surface area contributed by atoms with Crippen molar-refractivity contribution in [2.24, 2.45) is 0 Å². The van der Waals surface area contributed by atoms with E-state index >= 15 is 0 Å². The van der Waals surface area contributed by atoms with Crippen LogP contribution >= 0.6 is 11.6 Å². The zero-order chi connectivity index (χ0) is 27.0. The van der Waals surface area contributed by atoms with Gasteiger partial charge in [0.25, 0.3) is 0 Å². The molecule has 0 aliphatic carbocycles. The van der Waals surface area contributed by atoms with E-state index in [0.29, 0.717) is 34.3 Å². The number of carbonyl (C=O) groups excluding carboxylic acids is 1. The third kappa shape index (κ3) is 7.58. The van der Waals surface area contributed by atoms with Gasteiger partial charge in [0.2, 0.25) is 10.0 Å². The molecular formula is C29H28ClN3O4S. The molecule has 0 fully saturated rings. The summed E-state index contributed by atoms with van der Waals surface area (Å²) >= 11 is 5.86. The van der Waals surface area contributed by atoms with Gasteiger partial charge in [0.1, 0.15) is 11.5 Å². The first-order chi connectivity index (χ1) is 18.3. The summed E-state index contributed by atoms with van der Waals surface area (Å²) in [5, 5.41) is 3.39. The van der Waals surface area contributed by atoms with Crippen molar-refractivity contribution in [1.29, 1.82) is 0 Å². The molecule has 0 aliphatic rings. The molecule has 7 nitrogen and oxygen atoms in total. The van der Waals surface area contributed by atoms with Crippen molar-refractivity contribution in [1.82, 2.24) is 4.72 Å². The van der Waals surface area contributed by atoms with Gasteiger partial charge in [0.15, 0.2) is 0 Å². The number of carbonyl (C=O) groups is 1. The minimum Gasteiger partial charge on any atom is -0.457 e. The lowest BCUT2D eigenvalue weighted by atomic mass is 10.2. The third-order valence-electron chi connectivity index (χ3n) is 5.62. The van der Waals surface area contributed by atoms with Crippen LogP contribution in [0.3, 0.4) is 0 Å². The van der Waals surface area contributed by atoms with E-state index in [1.54, 1.807) is 29.2 Å². The molecule has 196 valence electrons. The zero-order valence-corrected chi connectivity index (χ0v) is 22.4. The van der Waals surface area contributed by atoms with Crippen LogP contribution in [0.5, 0.6) is 11.5 Å². The molecule has 0 aliphatic heterocycles. The fourth-order valence-electron chi connectivity index (χ4n) is 3.72. The molecule has 0 atom stereocenters. The standard InChI is InChI=1S/C29H28ClN3O4S/c1-22-7-5-8-24(21-22)32-29(34)33(20-6-19-31-38(35,36)28-17-11-23(30)12-18-28)25-13-15-27(16-14-25)37-26-9-3-2-4-10-26/h2-5,7-18,21,31H,6,19-20H2,1H3,(H,32,34). The van der Waals surface area contributed by atoms with Gasteiger partial charge in [-0.15, -0.1) is 0 Å². The average molecular weight is 550 g/mol. The van der Waals surface area contributed by atoms with Crippen molar-refractivity contribution in [2.75, 3.05) is 23.3 Å². The molecule has 2 amide bonds. The van der Waals surface area contributed by atoms with Gasteiger partial charge in [-0.3, -0.25) is 4.90 Å². The van der Waals surface area contributed by atoms with Crippen LogP contribution in [0.1, 0.15) is 12.0 Å². The molecule has 0 radical (unpaired) electrons. The van der Waals surface area contributed by atoms with Gasteiger partial charge in [-0.2, -0.15) is 0 Å². The Morgan fingerprint density at radius 2 is 1.55 bits per heavy atom. The summed E-state index contributed by atoms with van der Waals surface area (Å²) in [6.45, 7) is 2.37. The van der Waals surface area contributed by atoms with Gasteiger partial charge in [-0.05, 0) is 91.7 Å². The smallest absolute Gasteiger partial charge is 0.326 e. The quantitative estimate of drug-likeness (QED) is 0.212. The molecule has 0 saturated heterocycles. The van der Waals surface area contributed by atoms with Gasteiger partial charge in [-0.25, -0.2) is 17.9 Å². The number of hydrogen-bond donors (Lipinski definition) is 2. The number of para-hydroxylation sites is 1. The van der Waals surface area contributed by atoms with Gasteiger partial charge < -0.3 is 10.1 Å². The van der Waals surface area contributed by atoms with Gasteiger partial charge >= 0.3 is 6.03 Å². The largest absolute Gasteiger partial charge is 0.457 e. The Morgan fingerprint density at radius 1 is 0.868 bits per heavy atom. The maximum absolute atomic E-state index is 13.3. The number of rotatable bonds is 10. The maximum Gasteiger partial charge on any atom is 0.326 e. The number of nitrogens with zero attached hydrogens (tertiary/aromatic N) is 1. The normalized spacial score (nSPS) is 11.1. The van der Waals surface area contributed by atoms with E-state index < -0.39 is 10.0 Å². The number of ether oxygens (including phenoxy) is 1. The SMILES string of the molecule is Cc1cccc(NC(=O)N(CCCNS(=O)(=O)c2ccc(Cl)cc2)c2ccc(Oc3ccccc3)cc2)c1. The molecule has 38 heavy (non-hydrogen) atoms. The monoisotopic (exact) mass is 549 g/mol. The molecule has 0 bridgehead atoms. The summed E-state index contributed by atoms with van der Waals surface area (Å²) in [5.41, 5.74) is 2.34. The first kappa shape index (κ1) is 27.2. The fraction of sp³-hybridized carbons (Fsp3) is 0.138. The number of aryl methyl sites for hydroxylation is 1. The summed E-state index contributed by atoms with van der Waals surface area (Å²) in [4.78, 5) is 15.0. The number of anilines is 2. The molecule has 0 spiro atoms. The highest BCUT2D eigenvalue weighted by molar-refractivity contribution is 7.89. The average Bonchev–Trinajstić information content (AvgIpc) is 2.90. The summed E-state index contributed by atoms with van der Waals surface area (Å²) in [6, 6.07) is 29.7. The van der Waals surface area contributed by atoms with Gasteiger partial charge in [0.05, 0.1) is 4.90 Å². The number of nitrogens with one attached hydrogen (secondary N) is 2. The molecule has 2 N–H and O–H groups in total. The number of sulfonamides is 1. The van der Waals surface area contributed by atoms with Crippen LogP contribution in [0, 0.1) is 6.92 Å². The summed E-state index contributed by atoms with van der Waals surface area (Å²) in [5.74, 6) is 1.34. The first-order valence-corrected chi connectivity index (χ1v) is 13.9. The topological polar surface area (TPSA) is 87.7 Å². The van der Waals surface area contributed by atoms with Crippen LogP contribution in [0.2, 0.25) is 5.02 Å². The Balaban J connectivity index is 1.45. The first-order valence-electron chi connectivity index (χ1n) is 12.0. The molecule has 0 saturated carbocycles. The van der Waals surface area contributed by atoms with E-state index in [-0.39, 0.29) is 24.0 Å². The Morgan fingerprint density at radius 3 is 2.24 bits per heavy atom. The summed E-state index contributed by atoms with van der Waals surface area (Å²) in [6.07, 6.45) is 0.385. The van der Waals surface area contributed by atoms with E-state index in [1.165, 1.54) is 24.3 Å². The van der Waals surface area contributed by atoms with Crippen molar-refractivity contribution in [3.05, 3.63) is 114 Å². The van der Waals surface area contributed by atoms with Crippen LogP contribution in [0.15, 0.2) is 108 Å². The number of hydrogen-bond acceptors (Lipinski definition) is 4. The van der Waals surface area contributed by atoms with Crippen molar-refractivity contribution in [3.63, 3.8) is 0 Å². The lowest BCUT2D eigenvalue weighted by molar-refractivity contribution is 0.257. The highest BCUT2D eigenvalue weighted by Gasteiger charge is 2.18. The second kappa shape index (κ2) is 12.6. The molecule has 4 aromatic carbocycles. The van der Waals surface area contributed by atoms with E-state index in [9.17, 15) is 13.2 Å². The van der Waals surface area contributed by atoms with Crippen LogP contribution in [0.25, 0.3) is 0 Å². The third-order valence-corrected chi connectivity index (χ3v) is 7.35. The Bertz CT molecular complexity index is 1460. The minimum atomic E-state index is -3.69. The van der Waals surface area contributed by atoms with Crippen molar-refractivity contribution < 1.29 is 17.9 Å². The molecule has 4 aromatic rings. The zero-order valence-electron chi connectivity index (χ0n) is 20.8. The highest BCUT2D eigenvalue weighted by Crippen LogP contribution is 2.25. The van der Waals surface area contributed by atoms with Crippen LogP contribution in [-0.2, 0) is 10.0 Å². The van der Waals surface area contributed by atoms with Crippen LogP contribution < -0.4 is 19.7 Å². The van der Waals surface area contributed by atoms with Crippen molar-refractivity contribution >= 4 is 39.0 Å². The molecule has 0 heterocycles. The Hall–Kier alpha value is -3.85. The second-order valence-electron chi connectivity index (χ2n) is 8.57. The number of urea groups is 1. The van der Waals surface area contributed by atoms with E-state index in [1.807, 2.05) is 61.5 Å². The number of halogens is 1. The highest BCUT2D eigenvalue weighted by atomic mass is 35.5. The Kier molecular flexibility index (Phi) is 9.02. The second-order valence-corrected chi connectivity index (χ2v) is 10.8.